The summed E-state index contributed by atoms with van der Waals surface area (Å²) in [6, 6.07) is 0. The minimum atomic E-state index is 0.377. The van der Waals surface area contributed by atoms with E-state index < -0.39 is 0 Å². The number of aliphatic hydroxyl groups is 1. The molecule has 1 nitrogen and oxygen atoms in total. The van der Waals surface area contributed by atoms with Crippen LogP contribution in [0.5, 0.6) is 0 Å². The summed E-state index contributed by atoms with van der Waals surface area (Å²) in [5, 5.41) is 9.25. The van der Waals surface area contributed by atoms with Crippen molar-refractivity contribution in [3.8, 4) is 0 Å². The molecule has 0 bridgehead atoms. The molecule has 0 spiro atoms. The van der Waals surface area contributed by atoms with Crippen LogP contribution in [-0.2, 0) is 0 Å². The van der Waals surface area contributed by atoms with Crippen LogP contribution in [0, 0.1) is 46.3 Å². The van der Waals surface area contributed by atoms with E-state index in [1.165, 1.54) is 64.2 Å². The lowest BCUT2D eigenvalue weighted by atomic mass is 9.44. The van der Waals surface area contributed by atoms with Crippen LogP contribution in [0.4, 0.5) is 0 Å². The molecular weight excluding hydrogens is 304 g/mol. The third-order valence-electron chi connectivity index (χ3n) is 10.2. The van der Waals surface area contributed by atoms with Gasteiger partial charge in [0, 0.05) is 6.61 Å². The van der Waals surface area contributed by atoms with Crippen molar-refractivity contribution in [2.24, 2.45) is 46.3 Å². The maximum Gasteiger partial charge on any atom is 0.0431 e. The van der Waals surface area contributed by atoms with E-state index in [2.05, 4.69) is 20.8 Å². The topological polar surface area (TPSA) is 20.2 Å². The number of hydrogen-bond donors (Lipinski definition) is 1. The Balaban J connectivity index is 1.53. The molecule has 4 fully saturated rings. The van der Waals surface area contributed by atoms with Crippen molar-refractivity contribution in [3.63, 3.8) is 0 Å². The van der Waals surface area contributed by atoms with E-state index in [9.17, 15) is 5.11 Å². The van der Waals surface area contributed by atoms with Gasteiger partial charge in [0.2, 0.25) is 0 Å². The standard InChI is InChI=1S/C24H42O/c1-17(7-6-16-25)20-11-12-21-19-10-9-18-8-4-5-14-23(18,2)22(19)13-15-24(20,21)3/h17-22,25H,4-16H2,1-3H3/t17-,18+,19-,20-,21+,22+,23+,24-/m1/s1. The number of rotatable bonds is 4. The molecule has 25 heavy (non-hydrogen) atoms. The van der Waals surface area contributed by atoms with Crippen molar-refractivity contribution in [3.05, 3.63) is 0 Å². The number of fused-ring (bicyclic) bond motifs is 5. The molecule has 1 heteroatoms. The molecule has 0 saturated heterocycles. The second-order valence-electron chi connectivity index (χ2n) is 11.0. The molecule has 144 valence electrons. The zero-order chi connectivity index (χ0) is 17.7. The predicted octanol–water partition coefficient (Wildman–Crippen LogP) is 6.44. The maximum absolute atomic E-state index is 9.25. The Kier molecular flexibility index (Phi) is 5.02. The Labute approximate surface area is 156 Å². The van der Waals surface area contributed by atoms with Crippen LogP contribution in [-0.4, -0.2) is 11.7 Å². The van der Waals surface area contributed by atoms with Gasteiger partial charge in [-0.2, -0.15) is 0 Å². The van der Waals surface area contributed by atoms with Crippen LogP contribution in [0.1, 0.15) is 97.8 Å². The fourth-order valence-electron chi connectivity index (χ4n) is 8.88. The van der Waals surface area contributed by atoms with E-state index in [-0.39, 0.29) is 0 Å². The van der Waals surface area contributed by atoms with Crippen LogP contribution in [0.15, 0.2) is 0 Å². The minimum Gasteiger partial charge on any atom is -0.396 e. The Morgan fingerprint density at radius 1 is 0.880 bits per heavy atom. The quantitative estimate of drug-likeness (QED) is 0.620. The molecule has 4 aliphatic rings. The van der Waals surface area contributed by atoms with Crippen molar-refractivity contribution in [1.82, 2.24) is 0 Å². The van der Waals surface area contributed by atoms with Gasteiger partial charge in [-0.05, 0) is 111 Å². The lowest BCUT2D eigenvalue weighted by molar-refractivity contribution is -0.114. The first-order chi connectivity index (χ1) is 12.0. The third kappa shape index (κ3) is 2.82. The Bertz CT molecular complexity index is 473. The largest absolute Gasteiger partial charge is 0.396 e. The zero-order valence-corrected chi connectivity index (χ0v) is 17.1. The first-order valence-corrected chi connectivity index (χ1v) is 11.6. The van der Waals surface area contributed by atoms with E-state index in [0.29, 0.717) is 17.4 Å². The average molecular weight is 347 g/mol. The van der Waals surface area contributed by atoms with Gasteiger partial charge in [0.15, 0.2) is 0 Å². The molecule has 0 aromatic heterocycles. The second kappa shape index (κ2) is 6.84. The normalized spacial score (nSPS) is 50.6. The summed E-state index contributed by atoms with van der Waals surface area (Å²) in [7, 11) is 0. The molecule has 0 radical (unpaired) electrons. The van der Waals surface area contributed by atoms with Gasteiger partial charge in [-0.15, -0.1) is 0 Å². The molecule has 4 aliphatic carbocycles. The van der Waals surface area contributed by atoms with Crippen molar-refractivity contribution in [2.75, 3.05) is 6.61 Å². The molecule has 0 amide bonds. The van der Waals surface area contributed by atoms with Crippen LogP contribution < -0.4 is 0 Å². The molecule has 0 aromatic carbocycles. The Morgan fingerprint density at radius 2 is 1.68 bits per heavy atom. The fourth-order valence-corrected chi connectivity index (χ4v) is 8.88. The highest BCUT2D eigenvalue weighted by Gasteiger charge is 2.59. The SMILES string of the molecule is C[C@H](CCCO)[C@H]1CC[C@H]2[C@H]3CC[C@@H]4CCCC[C@]4(C)[C@H]3CC[C@]12C. The van der Waals surface area contributed by atoms with E-state index in [4.69, 9.17) is 0 Å². The summed E-state index contributed by atoms with van der Waals surface area (Å²) in [6.45, 7) is 8.24. The first kappa shape index (κ1) is 18.3. The molecular formula is C24H42O. The molecule has 1 N–H and O–H groups in total. The Morgan fingerprint density at radius 3 is 2.48 bits per heavy atom. The highest BCUT2D eigenvalue weighted by atomic mass is 16.2. The smallest absolute Gasteiger partial charge is 0.0431 e. The van der Waals surface area contributed by atoms with Gasteiger partial charge in [-0.3, -0.25) is 0 Å². The lowest BCUT2D eigenvalue weighted by Crippen LogP contribution is -2.53. The Hall–Kier alpha value is -0.0400. The first-order valence-electron chi connectivity index (χ1n) is 11.6. The van der Waals surface area contributed by atoms with Crippen molar-refractivity contribution in [1.29, 1.82) is 0 Å². The van der Waals surface area contributed by atoms with E-state index in [1.54, 1.807) is 6.42 Å². The summed E-state index contributed by atoms with van der Waals surface area (Å²) in [6.07, 6.45) is 17.4. The van der Waals surface area contributed by atoms with Crippen LogP contribution in [0.3, 0.4) is 0 Å². The zero-order valence-electron chi connectivity index (χ0n) is 17.1. The molecule has 4 saturated carbocycles. The van der Waals surface area contributed by atoms with Crippen molar-refractivity contribution < 1.29 is 5.11 Å². The summed E-state index contributed by atoms with van der Waals surface area (Å²) >= 11 is 0. The molecule has 8 atom stereocenters. The predicted molar refractivity (Wildman–Crippen MR) is 105 cm³/mol. The summed E-state index contributed by atoms with van der Waals surface area (Å²) in [4.78, 5) is 0. The highest BCUT2D eigenvalue weighted by Crippen LogP contribution is 2.68. The van der Waals surface area contributed by atoms with Gasteiger partial charge in [-0.1, -0.05) is 33.6 Å². The molecule has 4 rings (SSSR count). The van der Waals surface area contributed by atoms with Gasteiger partial charge < -0.3 is 5.11 Å². The van der Waals surface area contributed by atoms with Crippen LogP contribution >= 0.6 is 0 Å². The fraction of sp³-hybridized carbons (Fsp3) is 1.00. The lowest BCUT2D eigenvalue weighted by Gasteiger charge is -2.61. The van der Waals surface area contributed by atoms with Gasteiger partial charge in [0.1, 0.15) is 0 Å². The van der Waals surface area contributed by atoms with E-state index in [1.807, 2.05) is 0 Å². The molecule has 0 aromatic rings. The van der Waals surface area contributed by atoms with Gasteiger partial charge in [0.05, 0.1) is 0 Å². The van der Waals surface area contributed by atoms with Crippen LogP contribution in [0.25, 0.3) is 0 Å². The average Bonchev–Trinajstić information content (AvgIpc) is 2.96. The minimum absolute atomic E-state index is 0.377. The van der Waals surface area contributed by atoms with Crippen molar-refractivity contribution in [2.45, 2.75) is 97.8 Å². The van der Waals surface area contributed by atoms with Gasteiger partial charge in [-0.25, -0.2) is 0 Å². The maximum atomic E-state index is 9.25. The molecule has 0 aliphatic heterocycles. The summed E-state index contributed by atoms with van der Waals surface area (Å²) in [5.41, 5.74) is 1.29. The number of hydrogen-bond acceptors (Lipinski definition) is 1. The third-order valence-corrected chi connectivity index (χ3v) is 10.2. The highest BCUT2D eigenvalue weighted by molar-refractivity contribution is 5.09. The van der Waals surface area contributed by atoms with E-state index in [0.717, 1.165) is 41.9 Å². The monoisotopic (exact) mass is 346 g/mol. The molecule has 0 heterocycles. The summed E-state index contributed by atoms with van der Waals surface area (Å²) < 4.78 is 0. The second-order valence-corrected chi connectivity index (χ2v) is 11.0. The van der Waals surface area contributed by atoms with E-state index >= 15 is 0 Å². The van der Waals surface area contributed by atoms with Crippen LogP contribution in [0.2, 0.25) is 0 Å². The van der Waals surface area contributed by atoms with Crippen molar-refractivity contribution >= 4 is 0 Å². The summed E-state index contributed by atoms with van der Waals surface area (Å²) in [5.74, 6) is 5.85. The van der Waals surface area contributed by atoms with Gasteiger partial charge in [0.25, 0.3) is 0 Å². The van der Waals surface area contributed by atoms with Gasteiger partial charge >= 0.3 is 0 Å². The molecule has 0 unspecified atom stereocenters. The number of aliphatic hydroxyl groups excluding tert-OH is 1.